The molecule has 0 saturated carbocycles. The van der Waals surface area contributed by atoms with Crippen LogP contribution in [0.25, 0.3) is 0 Å². The van der Waals surface area contributed by atoms with Gasteiger partial charge in [-0.2, -0.15) is 0 Å². The summed E-state index contributed by atoms with van der Waals surface area (Å²) in [6, 6.07) is 0. The van der Waals surface area contributed by atoms with Gasteiger partial charge in [0.1, 0.15) is 0 Å². The molecule has 0 aromatic carbocycles. The minimum Gasteiger partial charge on any atom is -0.392 e. The van der Waals surface area contributed by atoms with Gasteiger partial charge in [-0.3, -0.25) is 0 Å². The van der Waals surface area contributed by atoms with Crippen LogP contribution >= 0.6 is 0 Å². The predicted molar refractivity (Wildman–Crippen MR) is 60.6 cm³/mol. The summed E-state index contributed by atoms with van der Waals surface area (Å²) in [6.07, 6.45) is 7.32. The Morgan fingerprint density at radius 2 is 2.33 bits per heavy atom. The number of likely N-dealkylation sites (N-methyl/N-ethyl adjacent to an activating group) is 1. The Bertz CT molecular complexity index is 248. The lowest BCUT2D eigenvalue weighted by Gasteiger charge is -2.19. The summed E-state index contributed by atoms with van der Waals surface area (Å²) in [6.45, 7) is 4.77. The zero-order chi connectivity index (χ0) is 11.1. The molecule has 1 rings (SSSR count). The van der Waals surface area contributed by atoms with E-state index in [2.05, 4.69) is 14.5 Å². The van der Waals surface area contributed by atoms with Crippen LogP contribution in [0.4, 0.5) is 0 Å². The van der Waals surface area contributed by atoms with Crippen LogP contribution in [0.15, 0.2) is 18.7 Å². The second-order valence-electron chi connectivity index (χ2n) is 3.98. The fourth-order valence-electron chi connectivity index (χ4n) is 1.52. The highest BCUT2D eigenvalue weighted by molar-refractivity contribution is 4.73. The Morgan fingerprint density at radius 1 is 1.53 bits per heavy atom. The van der Waals surface area contributed by atoms with E-state index in [4.69, 9.17) is 0 Å². The molecule has 1 heterocycles. The first-order chi connectivity index (χ1) is 7.22. The largest absolute Gasteiger partial charge is 0.392 e. The summed E-state index contributed by atoms with van der Waals surface area (Å²) < 4.78 is 2.07. The number of rotatable bonds is 7. The molecule has 4 heteroatoms. The van der Waals surface area contributed by atoms with E-state index in [0.29, 0.717) is 0 Å². The first kappa shape index (κ1) is 12.2. The molecule has 86 valence electrons. The summed E-state index contributed by atoms with van der Waals surface area (Å²) >= 11 is 0. The van der Waals surface area contributed by atoms with Crippen molar-refractivity contribution in [3.63, 3.8) is 0 Å². The van der Waals surface area contributed by atoms with Gasteiger partial charge in [-0.15, -0.1) is 0 Å². The van der Waals surface area contributed by atoms with Gasteiger partial charge >= 0.3 is 0 Å². The van der Waals surface area contributed by atoms with Gasteiger partial charge in [-0.05, 0) is 26.4 Å². The van der Waals surface area contributed by atoms with Crippen molar-refractivity contribution < 1.29 is 5.11 Å². The molecule has 0 bridgehead atoms. The standard InChI is InChI=1S/C11H21N3O/c1-3-11(15)9-13(2)6-4-7-14-8-5-12-10-14/h5,8,10-11,15H,3-4,6-7,9H2,1-2H3. The summed E-state index contributed by atoms with van der Waals surface area (Å²) in [5.41, 5.74) is 0. The van der Waals surface area contributed by atoms with Crippen molar-refractivity contribution in [2.75, 3.05) is 20.1 Å². The van der Waals surface area contributed by atoms with E-state index in [1.165, 1.54) is 0 Å². The van der Waals surface area contributed by atoms with Crippen LogP contribution in [-0.4, -0.2) is 45.8 Å². The minimum atomic E-state index is -0.191. The molecule has 0 aliphatic heterocycles. The monoisotopic (exact) mass is 211 g/mol. The van der Waals surface area contributed by atoms with Crippen molar-refractivity contribution in [1.29, 1.82) is 0 Å². The number of aliphatic hydroxyl groups excluding tert-OH is 1. The number of hydrogen-bond donors (Lipinski definition) is 1. The van der Waals surface area contributed by atoms with Crippen LogP contribution in [0.5, 0.6) is 0 Å². The molecular weight excluding hydrogens is 190 g/mol. The smallest absolute Gasteiger partial charge is 0.0945 e. The first-order valence-corrected chi connectivity index (χ1v) is 5.54. The van der Waals surface area contributed by atoms with Gasteiger partial charge in [-0.25, -0.2) is 4.98 Å². The minimum absolute atomic E-state index is 0.191. The summed E-state index contributed by atoms with van der Waals surface area (Å²) in [5, 5.41) is 9.45. The number of imidazole rings is 1. The Hall–Kier alpha value is -0.870. The Balaban J connectivity index is 2.09. The maximum absolute atomic E-state index is 9.45. The molecule has 0 aliphatic rings. The molecule has 0 aliphatic carbocycles. The first-order valence-electron chi connectivity index (χ1n) is 5.54. The van der Waals surface area contributed by atoms with Gasteiger partial charge in [-0.1, -0.05) is 6.92 Å². The van der Waals surface area contributed by atoms with E-state index >= 15 is 0 Å². The average Bonchev–Trinajstić information content (AvgIpc) is 2.70. The molecule has 0 spiro atoms. The summed E-state index contributed by atoms with van der Waals surface area (Å²) in [7, 11) is 2.05. The molecule has 1 aromatic heterocycles. The normalized spacial score (nSPS) is 13.3. The van der Waals surface area contributed by atoms with E-state index in [1.807, 2.05) is 26.5 Å². The molecule has 0 radical (unpaired) electrons. The van der Waals surface area contributed by atoms with Crippen molar-refractivity contribution in [1.82, 2.24) is 14.5 Å². The third-order valence-electron chi connectivity index (χ3n) is 2.51. The van der Waals surface area contributed by atoms with E-state index in [0.717, 1.165) is 32.5 Å². The average molecular weight is 211 g/mol. The molecule has 0 saturated heterocycles. The second-order valence-corrected chi connectivity index (χ2v) is 3.98. The molecule has 1 N–H and O–H groups in total. The molecule has 4 nitrogen and oxygen atoms in total. The maximum Gasteiger partial charge on any atom is 0.0945 e. The van der Waals surface area contributed by atoms with Crippen LogP contribution in [0, 0.1) is 0 Å². The van der Waals surface area contributed by atoms with Crippen LogP contribution in [0.1, 0.15) is 19.8 Å². The lowest BCUT2D eigenvalue weighted by Crippen LogP contribution is -2.29. The molecule has 1 atom stereocenters. The van der Waals surface area contributed by atoms with Crippen molar-refractivity contribution >= 4 is 0 Å². The van der Waals surface area contributed by atoms with Gasteiger partial charge < -0.3 is 14.6 Å². The van der Waals surface area contributed by atoms with Crippen molar-refractivity contribution in [2.24, 2.45) is 0 Å². The third kappa shape index (κ3) is 4.95. The van der Waals surface area contributed by atoms with Crippen LogP contribution in [0.3, 0.4) is 0 Å². The Kier molecular flexibility index (Phi) is 5.36. The van der Waals surface area contributed by atoms with Gasteiger partial charge in [0.2, 0.25) is 0 Å². The topological polar surface area (TPSA) is 41.3 Å². The zero-order valence-corrected chi connectivity index (χ0v) is 9.63. The third-order valence-corrected chi connectivity index (χ3v) is 2.51. The Labute approximate surface area is 91.5 Å². The molecular formula is C11H21N3O. The molecule has 1 aromatic rings. The molecule has 0 amide bonds. The van der Waals surface area contributed by atoms with Gasteiger partial charge in [0.05, 0.1) is 12.4 Å². The quantitative estimate of drug-likeness (QED) is 0.731. The highest BCUT2D eigenvalue weighted by Crippen LogP contribution is 1.97. The second kappa shape index (κ2) is 6.58. The lowest BCUT2D eigenvalue weighted by molar-refractivity contribution is 0.121. The highest BCUT2D eigenvalue weighted by atomic mass is 16.3. The van der Waals surface area contributed by atoms with Crippen LogP contribution in [0.2, 0.25) is 0 Å². The summed E-state index contributed by atoms with van der Waals surface area (Å²) in [4.78, 5) is 6.16. The number of aryl methyl sites for hydroxylation is 1. The SMILES string of the molecule is CCC(O)CN(C)CCCn1ccnc1. The van der Waals surface area contributed by atoms with Gasteiger partial charge in [0.25, 0.3) is 0 Å². The van der Waals surface area contributed by atoms with Crippen molar-refractivity contribution in [2.45, 2.75) is 32.4 Å². The molecule has 0 fully saturated rings. The Morgan fingerprint density at radius 3 is 2.93 bits per heavy atom. The van der Waals surface area contributed by atoms with E-state index in [-0.39, 0.29) is 6.10 Å². The number of nitrogens with zero attached hydrogens (tertiary/aromatic N) is 3. The number of aromatic nitrogens is 2. The van der Waals surface area contributed by atoms with E-state index < -0.39 is 0 Å². The number of aliphatic hydroxyl groups is 1. The highest BCUT2D eigenvalue weighted by Gasteiger charge is 2.04. The lowest BCUT2D eigenvalue weighted by atomic mass is 10.2. The van der Waals surface area contributed by atoms with Crippen molar-refractivity contribution in [3.8, 4) is 0 Å². The van der Waals surface area contributed by atoms with E-state index in [1.54, 1.807) is 6.20 Å². The van der Waals surface area contributed by atoms with Crippen molar-refractivity contribution in [3.05, 3.63) is 18.7 Å². The predicted octanol–water partition coefficient (Wildman–Crippen LogP) is 0.976. The fourth-order valence-corrected chi connectivity index (χ4v) is 1.52. The maximum atomic E-state index is 9.45. The summed E-state index contributed by atoms with van der Waals surface area (Å²) in [5.74, 6) is 0. The van der Waals surface area contributed by atoms with Gasteiger partial charge in [0, 0.05) is 25.5 Å². The molecule has 1 unspecified atom stereocenters. The van der Waals surface area contributed by atoms with Gasteiger partial charge in [0.15, 0.2) is 0 Å². The van der Waals surface area contributed by atoms with Crippen LogP contribution < -0.4 is 0 Å². The zero-order valence-electron chi connectivity index (χ0n) is 9.63. The fraction of sp³-hybridized carbons (Fsp3) is 0.727. The van der Waals surface area contributed by atoms with E-state index in [9.17, 15) is 5.11 Å². The molecule has 15 heavy (non-hydrogen) atoms. The van der Waals surface area contributed by atoms with Crippen LogP contribution in [-0.2, 0) is 6.54 Å². The number of hydrogen-bond acceptors (Lipinski definition) is 3.